The fourth-order valence-electron chi connectivity index (χ4n) is 2.16. The molecule has 0 bridgehead atoms. The van der Waals surface area contributed by atoms with Gasteiger partial charge < -0.3 is 20.1 Å². The first-order valence-corrected chi connectivity index (χ1v) is 9.02. The number of carbonyl (C=O) groups excluding carboxylic acids is 1. The fraction of sp³-hybridized carbons (Fsp3) is 0.632. The third-order valence-corrected chi connectivity index (χ3v) is 3.46. The number of hydrogen-bond acceptors (Lipinski definition) is 3. The van der Waals surface area contributed by atoms with E-state index in [-0.39, 0.29) is 23.6 Å². The number of hydrogen-bond donors (Lipinski definition) is 2. The van der Waals surface area contributed by atoms with E-state index < -0.39 is 0 Å². The van der Waals surface area contributed by atoms with Gasteiger partial charge in [0.15, 0.2) is 18.1 Å². The molecule has 1 aromatic rings. The number of amides is 1. The van der Waals surface area contributed by atoms with Crippen molar-refractivity contribution in [3.8, 4) is 11.5 Å². The number of carbonyl (C=O) groups is 1. The van der Waals surface area contributed by atoms with E-state index in [9.17, 15) is 4.79 Å². The lowest BCUT2D eigenvalue weighted by Gasteiger charge is -2.21. The Kier molecular flexibility index (Phi) is 7.57. The van der Waals surface area contributed by atoms with Crippen LogP contribution in [0.25, 0.3) is 0 Å². The van der Waals surface area contributed by atoms with Gasteiger partial charge >= 0.3 is 0 Å². The number of benzene rings is 1. The van der Waals surface area contributed by atoms with Crippen molar-refractivity contribution in [2.45, 2.75) is 66.1 Å². The first kappa shape index (κ1) is 21.6. The minimum Gasteiger partial charge on any atom is -0.490 e. The summed E-state index contributed by atoms with van der Waals surface area (Å²) < 4.78 is 11.3. The summed E-state index contributed by atoms with van der Waals surface area (Å²) in [6, 6.07) is 3.79. The minimum atomic E-state index is -0.306. The fourth-order valence-corrected chi connectivity index (χ4v) is 2.45. The van der Waals surface area contributed by atoms with Crippen LogP contribution in [-0.2, 0) is 11.3 Å². The van der Waals surface area contributed by atoms with Gasteiger partial charge in [-0.2, -0.15) is 0 Å². The molecule has 1 aromatic carbocycles. The Balaban J connectivity index is 2.89. The van der Waals surface area contributed by atoms with Gasteiger partial charge in [-0.3, -0.25) is 4.79 Å². The van der Waals surface area contributed by atoms with Crippen molar-refractivity contribution < 1.29 is 19.6 Å². The van der Waals surface area contributed by atoms with Crippen LogP contribution in [0.3, 0.4) is 0 Å². The molecule has 0 aliphatic rings. The largest absolute Gasteiger partial charge is 0.490 e. The lowest BCUT2D eigenvalue weighted by molar-refractivity contribution is -0.731. The molecule has 0 heterocycles. The molecule has 6 heteroatoms. The molecule has 0 aliphatic heterocycles. The van der Waals surface area contributed by atoms with Crippen LogP contribution in [0.5, 0.6) is 11.5 Å². The molecule has 0 saturated heterocycles. The zero-order valence-corrected chi connectivity index (χ0v) is 17.2. The van der Waals surface area contributed by atoms with E-state index in [1.165, 1.54) is 0 Å². The Bertz CT molecular complexity index is 590. The second-order valence-electron chi connectivity index (χ2n) is 8.20. The second-order valence-corrected chi connectivity index (χ2v) is 8.61. The minimum absolute atomic E-state index is 0.107. The molecule has 3 N–H and O–H groups in total. The standard InChI is InChI=1S/C19H31ClN2O3/c1-8-24-15-10-13(11-21-18(2,3)4)9-14(20)17(15)25-12-16(23)22-19(5,6)7/h9-10,21H,8,11-12H2,1-7H3,(H,22,23)/p+1. The molecular formula is C19H32ClN2O3+. The van der Waals surface area contributed by atoms with Crippen LogP contribution >= 0.6 is 11.6 Å². The summed E-state index contributed by atoms with van der Waals surface area (Å²) in [6.07, 6.45) is 0. The summed E-state index contributed by atoms with van der Waals surface area (Å²) in [4.78, 5) is 12.0. The summed E-state index contributed by atoms with van der Waals surface area (Å²) in [5, 5.41) is 5.53. The van der Waals surface area contributed by atoms with Crippen molar-refractivity contribution >= 4 is 17.5 Å². The van der Waals surface area contributed by atoms with Crippen LogP contribution in [0.2, 0.25) is 5.02 Å². The van der Waals surface area contributed by atoms with Crippen LogP contribution in [0.1, 0.15) is 54.0 Å². The predicted octanol–water partition coefficient (Wildman–Crippen LogP) is 2.89. The van der Waals surface area contributed by atoms with E-state index in [0.717, 1.165) is 12.1 Å². The van der Waals surface area contributed by atoms with Gasteiger partial charge in [0.2, 0.25) is 0 Å². The molecule has 142 valence electrons. The molecule has 0 saturated carbocycles. The third kappa shape index (κ3) is 8.45. The van der Waals surface area contributed by atoms with Crippen LogP contribution < -0.4 is 20.1 Å². The topological polar surface area (TPSA) is 64.2 Å². The lowest BCUT2D eigenvalue weighted by atomic mass is 10.1. The Morgan fingerprint density at radius 2 is 1.80 bits per heavy atom. The number of ether oxygens (including phenoxy) is 2. The van der Waals surface area contributed by atoms with Gasteiger partial charge in [-0.15, -0.1) is 0 Å². The summed E-state index contributed by atoms with van der Waals surface area (Å²) in [5.41, 5.74) is 0.868. The summed E-state index contributed by atoms with van der Waals surface area (Å²) in [7, 11) is 0. The van der Waals surface area contributed by atoms with Gasteiger partial charge in [-0.05, 0) is 60.6 Å². The summed E-state index contributed by atoms with van der Waals surface area (Å²) >= 11 is 6.39. The molecule has 0 aliphatic carbocycles. The monoisotopic (exact) mass is 371 g/mol. The van der Waals surface area contributed by atoms with E-state index in [2.05, 4.69) is 31.4 Å². The van der Waals surface area contributed by atoms with Crippen molar-refractivity contribution in [1.82, 2.24) is 5.32 Å². The van der Waals surface area contributed by atoms with Crippen LogP contribution in [0.15, 0.2) is 12.1 Å². The van der Waals surface area contributed by atoms with Crippen molar-refractivity contribution in [1.29, 1.82) is 0 Å². The van der Waals surface area contributed by atoms with Crippen LogP contribution in [-0.4, -0.2) is 30.2 Å². The number of nitrogens with one attached hydrogen (secondary N) is 1. The molecule has 0 spiro atoms. The molecule has 0 fully saturated rings. The highest BCUT2D eigenvalue weighted by Crippen LogP contribution is 2.36. The van der Waals surface area contributed by atoms with E-state index in [1.54, 1.807) is 0 Å². The van der Waals surface area contributed by atoms with Gasteiger partial charge in [-0.25, -0.2) is 0 Å². The molecule has 0 unspecified atom stereocenters. The van der Waals surface area contributed by atoms with Gasteiger partial charge in [0.25, 0.3) is 5.91 Å². The first-order valence-electron chi connectivity index (χ1n) is 8.64. The average Bonchev–Trinajstić information content (AvgIpc) is 2.42. The Morgan fingerprint density at radius 3 is 2.32 bits per heavy atom. The molecule has 5 nitrogen and oxygen atoms in total. The van der Waals surface area contributed by atoms with E-state index in [0.29, 0.717) is 23.1 Å². The summed E-state index contributed by atoms with van der Waals surface area (Å²) in [6.45, 7) is 15.3. The predicted molar refractivity (Wildman–Crippen MR) is 101 cm³/mol. The Morgan fingerprint density at radius 1 is 1.16 bits per heavy atom. The maximum absolute atomic E-state index is 12.0. The molecule has 25 heavy (non-hydrogen) atoms. The molecule has 0 atom stereocenters. The van der Waals surface area contributed by atoms with Gasteiger partial charge in [0.1, 0.15) is 6.54 Å². The van der Waals surface area contributed by atoms with E-state index in [1.807, 2.05) is 39.8 Å². The van der Waals surface area contributed by atoms with Gasteiger partial charge in [0, 0.05) is 11.1 Å². The Hall–Kier alpha value is -1.46. The molecule has 0 radical (unpaired) electrons. The molecule has 0 aromatic heterocycles. The SMILES string of the molecule is CCOc1cc(C[NH2+]C(C)(C)C)cc(Cl)c1OCC(=O)NC(C)(C)C. The van der Waals surface area contributed by atoms with Crippen molar-refractivity contribution in [3.05, 3.63) is 22.7 Å². The summed E-state index contributed by atoms with van der Waals surface area (Å²) in [5.74, 6) is 0.777. The second kappa shape index (κ2) is 8.77. The van der Waals surface area contributed by atoms with Gasteiger partial charge in [0.05, 0.1) is 17.2 Å². The highest BCUT2D eigenvalue weighted by atomic mass is 35.5. The zero-order valence-electron chi connectivity index (χ0n) is 16.5. The average molecular weight is 372 g/mol. The molecule has 1 amide bonds. The molecular weight excluding hydrogens is 340 g/mol. The van der Waals surface area contributed by atoms with Crippen LogP contribution in [0, 0.1) is 0 Å². The van der Waals surface area contributed by atoms with Crippen molar-refractivity contribution in [2.75, 3.05) is 13.2 Å². The van der Waals surface area contributed by atoms with Crippen LogP contribution in [0.4, 0.5) is 0 Å². The normalized spacial score (nSPS) is 12.0. The lowest BCUT2D eigenvalue weighted by Crippen LogP contribution is -2.92. The van der Waals surface area contributed by atoms with Crippen molar-refractivity contribution in [3.63, 3.8) is 0 Å². The quantitative estimate of drug-likeness (QED) is 0.774. The first-order chi connectivity index (χ1) is 11.4. The number of nitrogens with two attached hydrogens (primary N) is 1. The van der Waals surface area contributed by atoms with E-state index >= 15 is 0 Å². The van der Waals surface area contributed by atoms with E-state index in [4.69, 9.17) is 21.1 Å². The highest BCUT2D eigenvalue weighted by Gasteiger charge is 2.19. The maximum Gasteiger partial charge on any atom is 0.258 e. The number of halogens is 1. The maximum atomic E-state index is 12.0. The highest BCUT2D eigenvalue weighted by molar-refractivity contribution is 6.32. The van der Waals surface area contributed by atoms with Crippen molar-refractivity contribution in [2.24, 2.45) is 0 Å². The molecule has 1 rings (SSSR count). The third-order valence-electron chi connectivity index (χ3n) is 3.18. The zero-order chi connectivity index (χ0) is 19.3. The number of quaternary nitrogens is 1. The number of rotatable bonds is 7. The smallest absolute Gasteiger partial charge is 0.258 e. The van der Waals surface area contributed by atoms with Gasteiger partial charge in [-0.1, -0.05) is 11.6 Å². The Labute approximate surface area is 156 Å².